The van der Waals surface area contributed by atoms with Crippen LogP contribution in [0.1, 0.15) is 0 Å². The molecule has 0 saturated carbocycles. The number of rotatable bonds is 6. The van der Waals surface area contributed by atoms with E-state index in [1.165, 1.54) is 33.5 Å². The van der Waals surface area contributed by atoms with Crippen LogP contribution in [0, 0.1) is 0 Å². The number of carbonyl (C=O) groups excluding carboxylic acids is 1. The van der Waals surface area contributed by atoms with Crippen LogP contribution in [0.5, 0.6) is 11.8 Å². The lowest BCUT2D eigenvalue weighted by Gasteiger charge is -2.10. The van der Waals surface area contributed by atoms with Crippen molar-refractivity contribution < 1.29 is 22.7 Å². The zero-order valence-corrected chi connectivity index (χ0v) is 15.6. The van der Waals surface area contributed by atoms with Crippen LogP contribution in [-0.4, -0.2) is 69.0 Å². The number of aryl methyl sites for hydroxylation is 1. The minimum Gasteiger partial charge on any atom is -0.481 e. The van der Waals surface area contributed by atoms with Gasteiger partial charge in [-0.1, -0.05) is 0 Å². The molecule has 0 fully saturated rings. The molecule has 15 nitrogen and oxygen atoms in total. The van der Waals surface area contributed by atoms with Gasteiger partial charge < -0.3 is 9.47 Å². The number of aromatic nitrogens is 8. The van der Waals surface area contributed by atoms with Crippen molar-refractivity contribution in [3.63, 3.8) is 0 Å². The van der Waals surface area contributed by atoms with Crippen molar-refractivity contribution in [2.24, 2.45) is 7.05 Å². The molecule has 0 unspecified atom stereocenters. The van der Waals surface area contributed by atoms with Crippen molar-refractivity contribution in [2.45, 2.75) is 5.03 Å². The number of ether oxygens (including phenoxy) is 2. The van der Waals surface area contributed by atoms with Crippen molar-refractivity contribution in [3.8, 4) is 23.1 Å². The molecule has 3 heterocycles. The normalized spacial score (nSPS) is 11.1. The van der Waals surface area contributed by atoms with Crippen LogP contribution in [0.25, 0.3) is 11.4 Å². The zero-order valence-electron chi connectivity index (χ0n) is 14.7. The molecule has 2 amide bonds. The van der Waals surface area contributed by atoms with E-state index in [2.05, 4.69) is 41.0 Å². The highest BCUT2D eigenvalue weighted by molar-refractivity contribution is 7.90. The quantitative estimate of drug-likeness (QED) is 0.447. The van der Waals surface area contributed by atoms with E-state index in [1.54, 1.807) is 0 Å². The molecule has 0 radical (unpaired) electrons. The molecular formula is C12H14N10O5S. The fraction of sp³-hybridized carbons (Fsp3) is 0.250. The largest absolute Gasteiger partial charge is 0.481 e. The third-order valence-electron chi connectivity index (χ3n) is 3.27. The van der Waals surface area contributed by atoms with Gasteiger partial charge in [-0.2, -0.15) is 28.7 Å². The highest BCUT2D eigenvalue weighted by Crippen LogP contribution is 2.23. The summed E-state index contributed by atoms with van der Waals surface area (Å²) in [6, 6.07) is 0.266. The van der Waals surface area contributed by atoms with Gasteiger partial charge in [0.25, 0.3) is 10.0 Å². The number of hydrogen-bond acceptors (Lipinski definition) is 11. The van der Waals surface area contributed by atoms with E-state index in [0.29, 0.717) is 0 Å². The molecule has 0 aromatic carbocycles. The van der Waals surface area contributed by atoms with E-state index >= 15 is 0 Å². The molecule has 0 saturated heterocycles. The zero-order chi connectivity index (χ0) is 20.3. The van der Waals surface area contributed by atoms with E-state index in [-0.39, 0.29) is 34.1 Å². The molecule has 0 atom stereocenters. The Morgan fingerprint density at radius 1 is 1.21 bits per heavy atom. The van der Waals surface area contributed by atoms with Crippen molar-refractivity contribution >= 4 is 22.0 Å². The third kappa shape index (κ3) is 3.80. The standard InChI is InChI=1S/C12H14N10O5S/c1-22-10(6(5-13-22)9-17-20-21-18-9)28(24,25)19-12(23)16-11-14-7(26-2)4-8(15-11)27-3/h4-5H,1-3H3,(H,17,18,20,21)(H2,14,15,16,19,23). The summed E-state index contributed by atoms with van der Waals surface area (Å²) < 4.78 is 38.1. The Bertz CT molecular complexity index is 1070. The average Bonchev–Trinajstić information content (AvgIpc) is 3.30. The average molecular weight is 410 g/mol. The number of H-pyrrole nitrogens is 1. The molecule has 0 spiro atoms. The number of carbonyl (C=O) groups is 1. The molecule has 3 aromatic rings. The predicted octanol–water partition coefficient (Wildman–Crippen LogP) is -1.08. The first-order chi connectivity index (χ1) is 13.3. The maximum Gasteiger partial charge on any atom is 0.335 e. The van der Waals surface area contributed by atoms with Crippen LogP contribution in [-0.2, 0) is 17.1 Å². The van der Waals surface area contributed by atoms with E-state index < -0.39 is 16.1 Å². The van der Waals surface area contributed by atoms with Gasteiger partial charge in [-0.15, -0.1) is 10.2 Å². The van der Waals surface area contributed by atoms with Gasteiger partial charge in [-0.25, -0.2) is 9.52 Å². The second-order valence-corrected chi connectivity index (χ2v) is 6.66. The Morgan fingerprint density at radius 2 is 1.89 bits per heavy atom. The molecule has 3 aromatic heterocycles. The van der Waals surface area contributed by atoms with Crippen LogP contribution in [0.2, 0.25) is 0 Å². The van der Waals surface area contributed by atoms with Gasteiger partial charge in [0.2, 0.25) is 23.5 Å². The molecule has 0 bridgehead atoms. The van der Waals surface area contributed by atoms with Gasteiger partial charge in [0.1, 0.15) is 0 Å². The van der Waals surface area contributed by atoms with Crippen molar-refractivity contribution in [3.05, 3.63) is 12.3 Å². The highest BCUT2D eigenvalue weighted by atomic mass is 32.2. The van der Waals surface area contributed by atoms with Crippen LogP contribution in [0.3, 0.4) is 0 Å². The Morgan fingerprint density at radius 3 is 2.46 bits per heavy atom. The lowest BCUT2D eigenvalue weighted by molar-refractivity contribution is 0.256. The van der Waals surface area contributed by atoms with E-state index in [1.807, 2.05) is 4.72 Å². The molecule has 0 aliphatic heterocycles. The van der Waals surface area contributed by atoms with Gasteiger partial charge in [0, 0.05) is 7.05 Å². The predicted molar refractivity (Wildman–Crippen MR) is 90.9 cm³/mol. The van der Waals surface area contributed by atoms with Gasteiger partial charge in [-0.3, -0.25) is 10.00 Å². The Labute approximate surface area is 157 Å². The van der Waals surface area contributed by atoms with Crippen LogP contribution >= 0.6 is 0 Å². The third-order valence-corrected chi connectivity index (χ3v) is 4.72. The van der Waals surface area contributed by atoms with Crippen molar-refractivity contribution in [2.75, 3.05) is 19.5 Å². The number of amides is 2. The topological polar surface area (TPSA) is 192 Å². The van der Waals surface area contributed by atoms with Crippen molar-refractivity contribution in [1.82, 2.24) is 45.1 Å². The summed E-state index contributed by atoms with van der Waals surface area (Å²) in [7, 11) is -0.257. The number of anilines is 1. The number of urea groups is 1. The Balaban J connectivity index is 1.84. The van der Waals surface area contributed by atoms with E-state index in [0.717, 1.165) is 4.68 Å². The molecule has 16 heteroatoms. The molecule has 0 aliphatic carbocycles. The number of methoxy groups -OCH3 is 2. The second-order valence-electron chi connectivity index (χ2n) is 5.06. The summed E-state index contributed by atoms with van der Waals surface area (Å²) >= 11 is 0. The second kappa shape index (κ2) is 7.43. The number of aromatic amines is 1. The van der Waals surface area contributed by atoms with Crippen LogP contribution < -0.4 is 19.5 Å². The van der Waals surface area contributed by atoms with Crippen LogP contribution in [0.4, 0.5) is 10.7 Å². The number of hydrogen-bond donors (Lipinski definition) is 3. The fourth-order valence-corrected chi connectivity index (χ4v) is 3.36. The highest BCUT2D eigenvalue weighted by Gasteiger charge is 2.28. The molecule has 28 heavy (non-hydrogen) atoms. The molecule has 3 rings (SSSR count). The number of tetrazole rings is 1. The monoisotopic (exact) mass is 410 g/mol. The summed E-state index contributed by atoms with van der Waals surface area (Å²) in [6.07, 6.45) is 1.23. The minimum atomic E-state index is -4.36. The smallest absolute Gasteiger partial charge is 0.335 e. The van der Waals surface area contributed by atoms with Crippen molar-refractivity contribution in [1.29, 1.82) is 0 Å². The number of nitrogens with zero attached hydrogens (tertiary/aromatic N) is 7. The first-order valence-electron chi connectivity index (χ1n) is 7.40. The van der Waals surface area contributed by atoms with Gasteiger partial charge in [0.15, 0.2) is 5.03 Å². The van der Waals surface area contributed by atoms with Gasteiger partial charge >= 0.3 is 6.03 Å². The summed E-state index contributed by atoms with van der Waals surface area (Å²) in [5, 5.41) is 18.7. The van der Waals surface area contributed by atoms with Gasteiger partial charge in [-0.05, 0) is 5.21 Å². The summed E-state index contributed by atoms with van der Waals surface area (Å²) in [4.78, 5) is 19.9. The molecular weight excluding hydrogens is 396 g/mol. The van der Waals surface area contributed by atoms with Crippen LogP contribution in [0.15, 0.2) is 17.3 Å². The Hall–Kier alpha value is -3.82. The first-order valence-corrected chi connectivity index (χ1v) is 8.89. The van der Waals surface area contributed by atoms with E-state index in [4.69, 9.17) is 9.47 Å². The van der Waals surface area contributed by atoms with Gasteiger partial charge in [0.05, 0.1) is 32.0 Å². The maximum absolute atomic E-state index is 12.7. The lowest BCUT2D eigenvalue weighted by atomic mass is 10.3. The summed E-state index contributed by atoms with van der Waals surface area (Å²) in [6.45, 7) is 0. The summed E-state index contributed by atoms with van der Waals surface area (Å²) in [5.41, 5.74) is 0.0517. The fourth-order valence-electron chi connectivity index (χ4n) is 2.14. The molecule has 3 N–H and O–H groups in total. The number of nitrogens with one attached hydrogen (secondary N) is 3. The first kappa shape index (κ1) is 19.0. The Kier molecular flexibility index (Phi) is 5.03. The van der Waals surface area contributed by atoms with E-state index in [9.17, 15) is 13.2 Å². The maximum atomic E-state index is 12.7. The SMILES string of the molecule is COc1cc(OC)nc(NC(=O)NS(=O)(=O)c2c(-c3nn[nH]n3)cnn2C)n1. The summed E-state index contributed by atoms with van der Waals surface area (Å²) in [5.74, 6) is -0.0193. The lowest BCUT2D eigenvalue weighted by Crippen LogP contribution is -2.36. The molecule has 0 aliphatic rings. The minimum absolute atomic E-state index is 0.00486. The molecule has 148 valence electrons. The number of sulfonamides is 1.